The number of hydrogen-bond donors (Lipinski definition) is 0. The second-order valence-corrected chi connectivity index (χ2v) is 5.87. The van der Waals surface area contributed by atoms with E-state index in [1.54, 1.807) is 48.5 Å². The van der Waals surface area contributed by atoms with Gasteiger partial charge >= 0.3 is 0 Å². The maximum absolute atomic E-state index is 10.6. The third kappa shape index (κ3) is 4.85. The van der Waals surface area contributed by atoms with Gasteiger partial charge in [0, 0.05) is 15.1 Å². The topological polar surface area (TPSA) is 73.1 Å². The molecule has 0 spiro atoms. The Hall–Kier alpha value is -2.29. The zero-order chi connectivity index (χ0) is 16.8. The number of ether oxygens (including phenoxy) is 1. The third-order valence-corrected chi connectivity index (χ3v) is 3.64. The largest absolute Gasteiger partial charge is 0.546 e. The summed E-state index contributed by atoms with van der Waals surface area (Å²) in [5.41, 5.74) is 1.67. The fourth-order valence-electron chi connectivity index (χ4n) is 1.87. The number of allylic oxidation sites excluding steroid dienone is 1. The van der Waals surface area contributed by atoms with Crippen molar-refractivity contribution in [2.75, 3.05) is 6.61 Å². The molecule has 0 saturated heterocycles. The van der Waals surface area contributed by atoms with Crippen LogP contribution < -0.4 is 9.84 Å². The highest BCUT2D eigenvalue weighted by Gasteiger charge is 2.07. The van der Waals surface area contributed by atoms with E-state index in [0.29, 0.717) is 27.5 Å². The summed E-state index contributed by atoms with van der Waals surface area (Å²) in [5, 5.41) is 20.5. The first-order chi connectivity index (χ1) is 11.0. The summed E-state index contributed by atoms with van der Waals surface area (Å²) in [6.45, 7) is -0.564. The number of nitriles is 1. The van der Waals surface area contributed by atoms with Gasteiger partial charge in [-0.3, -0.25) is 0 Å². The number of carboxylic acid groups (broad SMARTS) is 1. The van der Waals surface area contributed by atoms with Crippen molar-refractivity contribution in [3.8, 4) is 11.8 Å². The first-order valence-electron chi connectivity index (χ1n) is 6.49. The highest BCUT2D eigenvalue weighted by Crippen LogP contribution is 2.28. The van der Waals surface area contributed by atoms with Gasteiger partial charge in [0.15, 0.2) is 0 Å². The molecule has 0 atom stereocenters. The van der Waals surface area contributed by atoms with Crippen molar-refractivity contribution in [3.05, 3.63) is 63.1 Å². The molecular weight excluding hydrogens is 382 g/mol. The van der Waals surface area contributed by atoms with E-state index >= 15 is 0 Å². The van der Waals surface area contributed by atoms with Gasteiger partial charge in [-0.2, -0.15) is 5.26 Å². The lowest BCUT2D eigenvalue weighted by atomic mass is 10.0. The van der Waals surface area contributed by atoms with Crippen molar-refractivity contribution in [1.82, 2.24) is 0 Å². The molecule has 0 heterocycles. The van der Waals surface area contributed by atoms with Gasteiger partial charge in [-0.05, 0) is 42.0 Å². The van der Waals surface area contributed by atoms with Gasteiger partial charge in [0.25, 0.3) is 0 Å². The van der Waals surface area contributed by atoms with Gasteiger partial charge in [0.2, 0.25) is 0 Å². The van der Waals surface area contributed by atoms with Crippen molar-refractivity contribution in [2.24, 2.45) is 0 Å². The van der Waals surface area contributed by atoms with Crippen LogP contribution in [-0.2, 0) is 4.79 Å². The Balaban J connectivity index is 2.42. The lowest BCUT2D eigenvalue weighted by Gasteiger charge is -2.11. The minimum atomic E-state index is -1.32. The Bertz CT molecular complexity index is 794. The van der Waals surface area contributed by atoms with Crippen LogP contribution in [0.3, 0.4) is 0 Å². The Kier molecular flexibility index (Phi) is 5.80. The summed E-state index contributed by atoms with van der Waals surface area (Å²) in [6, 6.07) is 14.0. The fraction of sp³-hybridized carbons (Fsp3) is 0.0588. The molecule has 2 aromatic carbocycles. The molecule has 2 rings (SSSR count). The van der Waals surface area contributed by atoms with Crippen LogP contribution in [0, 0.1) is 11.3 Å². The number of hydrogen-bond acceptors (Lipinski definition) is 4. The SMILES string of the molecule is N#C/C(=C/c1cc(Br)ccc1OCC(=O)[O-])c1ccc(Cl)cc1. The van der Waals surface area contributed by atoms with E-state index in [-0.39, 0.29) is 0 Å². The van der Waals surface area contributed by atoms with Crippen molar-refractivity contribution >= 4 is 45.1 Å². The quantitative estimate of drug-likeness (QED) is 0.579. The van der Waals surface area contributed by atoms with Gasteiger partial charge in [-0.15, -0.1) is 0 Å². The van der Waals surface area contributed by atoms with Crippen LogP contribution in [0.4, 0.5) is 0 Å². The van der Waals surface area contributed by atoms with Gasteiger partial charge in [-0.25, -0.2) is 0 Å². The number of benzene rings is 2. The van der Waals surface area contributed by atoms with Crippen LogP contribution in [0.2, 0.25) is 5.02 Å². The molecule has 116 valence electrons. The monoisotopic (exact) mass is 390 g/mol. The average molecular weight is 392 g/mol. The molecule has 2 aromatic rings. The molecule has 0 aliphatic heterocycles. The molecule has 23 heavy (non-hydrogen) atoms. The number of halogens is 2. The van der Waals surface area contributed by atoms with Crippen molar-refractivity contribution in [3.63, 3.8) is 0 Å². The number of carbonyl (C=O) groups excluding carboxylic acids is 1. The second kappa shape index (κ2) is 7.82. The van der Waals surface area contributed by atoms with E-state index in [4.69, 9.17) is 16.3 Å². The predicted octanol–water partition coefficient (Wildman–Crippen LogP) is 3.30. The Morgan fingerprint density at radius 2 is 2.00 bits per heavy atom. The standard InChI is InChI=1S/C17H11BrClNO3/c18-14-3-6-16(23-10-17(21)22)12(8-14)7-13(9-20)11-1-4-15(19)5-2-11/h1-8H,10H2,(H,21,22)/p-1/b13-7-. The van der Waals surface area contributed by atoms with E-state index in [9.17, 15) is 15.2 Å². The lowest BCUT2D eigenvalue weighted by Crippen LogP contribution is -2.29. The average Bonchev–Trinajstić information content (AvgIpc) is 2.52. The summed E-state index contributed by atoms with van der Waals surface area (Å²) in [5.74, 6) is -0.972. The second-order valence-electron chi connectivity index (χ2n) is 4.52. The van der Waals surface area contributed by atoms with E-state index in [0.717, 1.165) is 4.47 Å². The van der Waals surface area contributed by atoms with E-state index in [1.165, 1.54) is 0 Å². The van der Waals surface area contributed by atoms with Crippen LogP contribution in [-0.4, -0.2) is 12.6 Å². The number of aliphatic carboxylic acids is 1. The third-order valence-electron chi connectivity index (χ3n) is 2.89. The molecular formula is C17H10BrClNO3-. The summed E-state index contributed by atoms with van der Waals surface area (Å²) < 4.78 is 5.97. The highest BCUT2D eigenvalue weighted by molar-refractivity contribution is 9.10. The maximum atomic E-state index is 10.6. The minimum Gasteiger partial charge on any atom is -0.546 e. The molecule has 0 bridgehead atoms. The molecule has 0 aromatic heterocycles. The van der Waals surface area contributed by atoms with Crippen LogP contribution in [0.5, 0.6) is 5.75 Å². The smallest absolute Gasteiger partial charge is 0.128 e. The zero-order valence-electron chi connectivity index (χ0n) is 11.8. The first kappa shape index (κ1) is 17.1. The van der Waals surface area contributed by atoms with Crippen molar-refractivity contribution in [1.29, 1.82) is 5.26 Å². The molecule has 6 heteroatoms. The van der Waals surface area contributed by atoms with Crippen LogP contribution in [0.15, 0.2) is 46.9 Å². The molecule has 0 aliphatic rings. The van der Waals surface area contributed by atoms with Crippen molar-refractivity contribution < 1.29 is 14.6 Å². The van der Waals surface area contributed by atoms with Gasteiger partial charge in [0.1, 0.15) is 12.4 Å². The minimum absolute atomic E-state index is 0.346. The van der Waals surface area contributed by atoms with E-state index in [2.05, 4.69) is 22.0 Å². The van der Waals surface area contributed by atoms with E-state index < -0.39 is 12.6 Å². The summed E-state index contributed by atoms with van der Waals surface area (Å²) in [4.78, 5) is 10.6. The molecule has 0 aliphatic carbocycles. The Morgan fingerprint density at radius 3 is 2.61 bits per heavy atom. The molecule has 0 unspecified atom stereocenters. The highest BCUT2D eigenvalue weighted by atomic mass is 79.9. The maximum Gasteiger partial charge on any atom is 0.128 e. The van der Waals surface area contributed by atoms with Gasteiger partial charge in [-0.1, -0.05) is 39.7 Å². The lowest BCUT2D eigenvalue weighted by molar-refractivity contribution is -0.307. The summed E-state index contributed by atoms with van der Waals surface area (Å²) in [6.07, 6.45) is 1.62. The molecule has 0 fully saturated rings. The van der Waals surface area contributed by atoms with Gasteiger partial charge in [0.05, 0.1) is 17.6 Å². The molecule has 0 N–H and O–H groups in total. The normalized spacial score (nSPS) is 10.9. The van der Waals surface area contributed by atoms with Crippen LogP contribution in [0.1, 0.15) is 11.1 Å². The summed E-state index contributed by atoms with van der Waals surface area (Å²) in [7, 11) is 0. The zero-order valence-corrected chi connectivity index (χ0v) is 14.1. The number of nitrogens with zero attached hydrogens (tertiary/aromatic N) is 1. The molecule has 0 radical (unpaired) electrons. The molecule has 4 nitrogen and oxygen atoms in total. The number of carbonyl (C=O) groups is 1. The van der Waals surface area contributed by atoms with Crippen molar-refractivity contribution in [2.45, 2.75) is 0 Å². The predicted molar refractivity (Wildman–Crippen MR) is 89.6 cm³/mol. The molecule has 0 saturated carbocycles. The van der Waals surface area contributed by atoms with E-state index in [1.807, 2.05) is 0 Å². The summed E-state index contributed by atoms with van der Waals surface area (Å²) >= 11 is 9.19. The molecule has 0 amide bonds. The Morgan fingerprint density at radius 1 is 1.30 bits per heavy atom. The van der Waals surface area contributed by atoms with Crippen LogP contribution >= 0.6 is 27.5 Å². The Labute approximate surface area is 146 Å². The van der Waals surface area contributed by atoms with Gasteiger partial charge < -0.3 is 14.6 Å². The fourth-order valence-corrected chi connectivity index (χ4v) is 2.37. The number of carboxylic acids is 1. The first-order valence-corrected chi connectivity index (χ1v) is 7.66. The number of rotatable bonds is 5. The van der Waals surface area contributed by atoms with Crippen LogP contribution in [0.25, 0.3) is 11.6 Å².